The number of nitrogens with zero attached hydrogens (tertiary/aromatic N) is 2. The molecule has 0 aliphatic rings. The molecule has 2 aromatic rings. The third kappa shape index (κ3) is 3.84. The van der Waals surface area contributed by atoms with Crippen LogP contribution < -0.4 is 4.74 Å². The summed E-state index contributed by atoms with van der Waals surface area (Å²) in [5.74, 6) is 0.581. The molecule has 0 aliphatic carbocycles. The molecule has 21 heavy (non-hydrogen) atoms. The van der Waals surface area contributed by atoms with Gasteiger partial charge in [-0.25, -0.2) is 0 Å². The van der Waals surface area contributed by atoms with E-state index < -0.39 is 0 Å². The lowest BCUT2D eigenvalue weighted by Gasteiger charge is -2.10. The van der Waals surface area contributed by atoms with Crippen LogP contribution in [0.3, 0.4) is 0 Å². The van der Waals surface area contributed by atoms with Crippen LogP contribution >= 0.6 is 0 Å². The first kappa shape index (κ1) is 14.6. The van der Waals surface area contributed by atoms with Gasteiger partial charge in [0.15, 0.2) is 0 Å². The Morgan fingerprint density at radius 3 is 2.48 bits per heavy atom. The van der Waals surface area contributed by atoms with Gasteiger partial charge in [0.05, 0.1) is 30.2 Å². The fourth-order valence-electron chi connectivity index (χ4n) is 2.19. The normalized spacial score (nSPS) is 11.2. The van der Waals surface area contributed by atoms with Crippen molar-refractivity contribution in [3.8, 4) is 17.9 Å². The van der Waals surface area contributed by atoms with Gasteiger partial charge in [0.25, 0.3) is 0 Å². The van der Waals surface area contributed by atoms with E-state index in [1.54, 1.807) is 12.1 Å². The molecule has 0 saturated carbocycles. The van der Waals surface area contributed by atoms with Crippen LogP contribution in [0.2, 0.25) is 0 Å². The third-order valence-corrected chi connectivity index (χ3v) is 3.25. The van der Waals surface area contributed by atoms with Gasteiger partial charge in [0.1, 0.15) is 5.75 Å². The summed E-state index contributed by atoms with van der Waals surface area (Å²) in [5, 5.41) is 18.3. The highest BCUT2D eigenvalue weighted by molar-refractivity contribution is 5.38. The molecule has 0 spiro atoms. The highest BCUT2D eigenvalue weighted by Gasteiger charge is 2.12. The van der Waals surface area contributed by atoms with Gasteiger partial charge in [0.2, 0.25) is 0 Å². The van der Waals surface area contributed by atoms with E-state index in [1.807, 2.05) is 43.3 Å². The average molecular weight is 276 g/mol. The molecule has 0 bridgehead atoms. The van der Waals surface area contributed by atoms with E-state index >= 15 is 0 Å². The van der Waals surface area contributed by atoms with Crippen LogP contribution in [0.1, 0.15) is 29.5 Å². The molecule has 1 atom stereocenters. The molecule has 0 aliphatic heterocycles. The van der Waals surface area contributed by atoms with Gasteiger partial charge in [-0.1, -0.05) is 24.3 Å². The largest absolute Gasteiger partial charge is 0.494 e. The van der Waals surface area contributed by atoms with Crippen molar-refractivity contribution in [3.63, 3.8) is 0 Å². The minimum atomic E-state index is -0.253. The lowest BCUT2D eigenvalue weighted by Crippen LogP contribution is -2.01. The zero-order valence-corrected chi connectivity index (χ0v) is 11.9. The Balaban J connectivity index is 2.15. The summed E-state index contributed by atoms with van der Waals surface area (Å²) in [7, 11) is 0. The standard InChI is InChI=1S/C18H16N2O/c1-2-21-18-8-6-14(7-9-18)10-17(13-20)16-5-3-4-15(11-16)12-19/h3-9,11,17H,2,10H2,1H3. The molecule has 0 saturated heterocycles. The van der Waals surface area contributed by atoms with Gasteiger partial charge < -0.3 is 4.74 Å². The van der Waals surface area contributed by atoms with Gasteiger partial charge in [-0.15, -0.1) is 0 Å². The number of rotatable bonds is 5. The number of hydrogen-bond acceptors (Lipinski definition) is 3. The first-order chi connectivity index (χ1) is 10.3. The van der Waals surface area contributed by atoms with Gasteiger partial charge in [0, 0.05) is 0 Å². The molecule has 3 nitrogen and oxygen atoms in total. The van der Waals surface area contributed by atoms with Gasteiger partial charge in [-0.05, 0) is 48.7 Å². The van der Waals surface area contributed by atoms with E-state index in [0.717, 1.165) is 16.9 Å². The lowest BCUT2D eigenvalue weighted by molar-refractivity contribution is 0.340. The summed E-state index contributed by atoms with van der Waals surface area (Å²) in [6.45, 7) is 2.59. The fraction of sp³-hybridized carbons (Fsp3) is 0.222. The minimum absolute atomic E-state index is 0.253. The predicted octanol–water partition coefficient (Wildman–Crippen LogP) is 3.81. The van der Waals surface area contributed by atoms with Crippen molar-refractivity contribution in [1.82, 2.24) is 0 Å². The van der Waals surface area contributed by atoms with Crippen molar-refractivity contribution in [2.75, 3.05) is 6.61 Å². The van der Waals surface area contributed by atoms with Crippen LogP contribution in [-0.2, 0) is 6.42 Å². The van der Waals surface area contributed by atoms with E-state index in [4.69, 9.17) is 10.00 Å². The summed E-state index contributed by atoms with van der Waals surface area (Å²) in [5.41, 5.74) is 2.54. The van der Waals surface area contributed by atoms with Crippen molar-refractivity contribution in [1.29, 1.82) is 10.5 Å². The van der Waals surface area contributed by atoms with E-state index in [-0.39, 0.29) is 5.92 Å². The number of nitriles is 2. The summed E-state index contributed by atoms with van der Waals surface area (Å²) >= 11 is 0. The van der Waals surface area contributed by atoms with Gasteiger partial charge in [-0.3, -0.25) is 0 Å². The maximum Gasteiger partial charge on any atom is 0.119 e. The Labute approximate surface area is 125 Å². The smallest absolute Gasteiger partial charge is 0.119 e. The molecular formula is C18H16N2O. The van der Waals surface area contributed by atoms with Crippen molar-refractivity contribution in [3.05, 3.63) is 65.2 Å². The lowest BCUT2D eigenvalue weighted by atomic mass is 9.92. The SMILES string of the molecule is CCOc1ccc(CC(C#N)c2cccc(C#N)c2)cc1. The molecule has 1 unspecified atom stereocenters. The third-order valence-electron chi connectivity index (χ3n) is 3.25. The topological polar surface area (TPSA) is 56.8 Å². The van der Waals surface area contributed by atoms with Crippen LogP contribution in [-0.4, -0.2) is 6.61 Å². The van der Waals surface area contributed by atoms with E-state index in [9.17, 15) is 5.26 Å². The van der Waals surface area contributed by atoms with Crippen molar-refractivity contribution in [2.24, 2.45) is 0 Å². The van der Waals surface area contributed by atoms with Crippen LogP contribution in [0.5, 0.6) is 5.75 Å². The predicted molar refractivity (Wildman–Crippen MR) is 80.8 cm³/mol. The van der Waals surface area contributed by atoms with E-state index in [0.29, 0.717) is 18.6 Å². The van der Waals surface area contributed by atoms with Crippen molar-refractivity contribution >= 4 is 0 Å². The van der Waals surface area contributed by atoms with Crippen LogP contribution in [0, 0.1) is 22.7 Å². The Morgan fingerprint density at radius 1 is 1.10 bits per heavy atom. The summed E-state index contributed by atoms with van der Waals surface area (Å²) in [6.07, 6.45) is 0.623. The summed E-state index contributed by atoms with van der Waals surface area (Å²) in [4.78, 5) is 0. The molecule has 0 heterocycles. The van der Waals surface area contributed by atoms with Crippen LogP contribution in [0.25, 0.3) is 0 Å². The van der Waals surface area contributed by atoms with Crippen LogP contribution in [0.4, 0.5) is 0 Å². The molecule has 2 aromatic carbocycles. The maximum absolute atomic E-state index is 9.39. The van der Waals surface area contributed by atoms with E-state index in [2.05, 4.69) is 12.1 Å². The molecule has 104 valence electrons. The van der Waals surface area contributed by atoms with Crippen molar-refractivity contribution < 1.29 is 4.74 Å². The zero-order chi connectivity index (χ0) is 15.1. The maximum atomic E-state index is 9.39. The summed E-state index contributed by atoms with van der Waals surface area (Å²) < 4.78 is 5.41. The molecule has 3 heteroatoms. The van der Waals surface area contributed by atoms with E-state index in [1.165, 1.54) is 0 Å². The summed E-state index contributed by atoms with van der Waals surface area (Å²) in [6, 6.07) is 19.4. The second-order valence-corrected chi connectivity index (χ2v) is 4.70. The molecule has 0 fully saturated rings. The number of benzene rings is 2. The highest BCUT2D eigenvalue weighted by atomic mass is 16.5. The molecule has 0 N–H and O–H groups in total. The fourth-order valence-corrected chi connectivity index (χ4v) is 2.19. The Kier molecular flexibility index (Phi) is 4.96. The molecule has 0 aromatic heterocycles. The Bertz CT molecular complexity index is 678. The Hall–Kier alpha value is -2.78. The molecular weight excluding hydrogens is 260 g/mol. The van der Waals surface area contributed by atoms with Crippen molar-refractivity contribution in [2.45, 2.75) is 19.3 Å². The number of ether oxygens (including phenoxy) is 1. The zero-order valence-electron chi connectivity index (χ0n) is 11.9. The van der Waals surface area contributed by atoms with Crippen LogP contribution in [0.15, 0.2) is 48.5 Å². The second-order valence-electron chi connectivity index (χ2n) is 4.70. The molecule has 2 rings (SSSR count). The first-order valence-electron chi connectivity index (χ1n) is 6.88. The Morgan fingerprint density at radius 2 is 1.86 bits per heavy atom. The average Bonchev–Trinajstić information content (AvgIpc) is 2.54. The number of hydrogen-bond donors (Lipinski definition) is 0. The highest BCUT2D eigenvalue weighted by Crippen LogP contribution is 2.22. The quantitative estimate of drug-likeness (QED) is 0.834. The molecule has 0 radical (unpaired) electrons. The second kappa shape index (κ2) is 7.12. The monoisotopic (exact) mass is 276 g/mol. The minimum Gasteiger partial charge on any atom is -0.494 e. The first-order valence-corrected chi connectivity index (χ1v) is 6.88. The van der Waals surface area contributed by atoms with Gasteiger partial charge >= 0.3 is 0 Å². The van der Waals surface area contributed by atoms with Gasteiger partial charge in [-0.2, -0.15) is 10.5 Å². The molecule has 0 amide bonds.